The number of rotatable bonds is 1. The molecular weight excluding hydrogens is 414 g/mol. The zero-order valence-corrected chi connectivity index (χ0v) is 10.2. The first-order valence-corrected chi connectivity index (χ1v) is 18.2. The summed E-state index contributed by atoms with van der Waals surface area (Å²) < 4.78 is 2.89. The van der Waals surface area contributed by atoms with Crippen LogP contribution in [-0.2, 0) is 20.3 Å². The van der Waals surface area contributed by atoms with E-state index in [1.807, 2.05) is 0 Å². The maximum atomic E-state index is 5.21. The fourth-order valence-corrected chi connectivity index (χ4v) is 0. The molecule has 54 valence electrons. The van der Waals surface area contributed by atoms with E-state index in [1.165, 1.54) is 0 Å². The Balaban J connectivity index is 4.77. The van der Waals surface area contributed by atoms with E-state index in [1.54, 1.807) is 0 Å². The van der Waals surface area contributed by atoms with Crippen LogP contribution in [-0.4, -0.2) is 0 Å². The van der Waals surface area contributed by atoms with Crippen LogP contribution in [0.25, 0.3) is 0 Å². The molecule has 0 aromatic heterocycles. The van der Waals surface area contributed by atoms with E-state index >= 15 is 0 Å². The molecule has 0 aromatic carbocycles. The molecule has 0 rings (SSSR count). The van der Waals surface area contributed by atoms with Crippen LogP contribution < -0.4 is 0 Å². The fraction of sp³-hybridized carbons (Fsp3) is 0. The van der Waals surface area contributed by atoms with Crippen molar-refractivity contribution in [3.05, 3.63) is 0 Å². The molecule has 0 atom stereocenters. The number of hydrogen-bond acceptors (Lipinski definition) is 2. The van der Waals surface area contributed by atoms with E-state index in [9.17, 15) is 0 Å². The summed E-state index contributed by atoms with van der Waals surface area (Å²) in [7, 11) is 20.6. The van der Waals surface area contributed by atoms with Crippen molar-refractivity contribution in [3.63, 3.8) is 0 Å². The van der Waals surface area contributed by atoms with E-state index in [4.69, 9.17) is 48.2 Å². The molecule has 0 aromatic rings. The summed E-state index contributed by atoms with van der Waals surface area (Å²) in [6.45, 7) is 0. The van der Waals surface area contributed by atoms with Crippen molar-refractivity contribution in [2.45, 2.75) is 0 Å². The van der Waals surface area contributed by atoms with E-state index < -0.39 is 7.88 Å². The maximum absolute atomic E-state index is 5.47. The SMILES string of the molecule is S=[N][Os]([Cl])([Cl])([Cl])([Cl])[Cl]. The molecule has 0 unspecified atom stereocenters. The molecule has 0 aliphatic heterocycles. The minimum absolute atomic E-state index is 2.89. The molecular formula is Cl5NOsS. The van der Waals surface area contributed by atoms with Crippen molar-refractivity contribution in [2.75, 3.05) is 0 Å². The summed E-state index contributed by atoms with van der Waals surface area (Å²) in [5.41, 5.74) is 0. The van der Waals surface area contributed by atoms with Crippen molar-refractivity contribution in [3.8, 4) is 0 Å². The van der Waals surface area contributed by atoms with Gasteiger partial charge >= 0.3 is 71.6 Å². The topological polar surface area (TPSA) is 12.4 Å². The van der Waals surface area contributed by atoms with Gasteiger partial charge in [0, 0.05) is 0 Å². The molecule has 0 saturated heterocycles. The molecule has 0 spiro atoms. The van der Waals surface area contributed by atoms with Crippen LogP contribution >= 0.6 is 48.2 Å². The Morgan fingerprint density at radius 3 is 1.12 bits per heavy atom. The minimum atomic E-state index is -5.47. The van der Waals surface area contributed by atoms with Gasteiger partial charge in [0.1, 0.15) is 0 Å². The van der Waals surface area contributed by atoms with Gasteiger partial charge in [0.2, 0.25) is 0 Å². The van der Waals surface area contributed by atoms with E-state index in [-0.39, 0.29) is 0 Å². The molecule has 0 N–H and O–H groups in total. The first kappa shape index (κ1) is 10.1. The first-order chi connectivity index (χ1) is 3.04. The van der Waals surface area contributed by atoms with Gasteiger partial charge in [0.25, 0.3) is 0 Å². The van der Waals surface area contributed by atoms with Crippen LogP contribution in [0, 0.1) is 0 Å². The van der Waals surface area contributed by atoms with Gasteiger partial charge in [-0.15, -0.1) is 0 Å². The van der Waals surface area contributed by atoms with Gasteiger partial charge in [-0.2, -0.15) is 0 Å². The summed E-state index contributed by atoms with van der Waals surface area (Å²) in [6, 6.07) is 0. The van der Waals surface area contributed by atoms with Gasteiger partial charge in [0.15, 0.2) is 0 Å². The summed E-state index contributed by atoms with van der Waals surface area (Å²) in [5, 5.41) is 0. The second kappa shape index (κ2) is 1.83. The van der Waals surface area contributed by atoms with E-state index in [0.717, 1.165) is 0 Å². The molecule has 8 heavy (non-hydrogen) atoms. The third kappa shape index (κ3) is 8.11. The van der Waals surface area contributed by atoms with Crippen LogP contribution in [0.4, 0.5) is 0 Å². The van der Waals surface area contributed by atoms with Crippen molar-refractivity contribution < 1.29 is 7.88 Å². The Hall–Kier alpha value is 2.11. The predicted octanol–water partition coefficient (Wildman–Crippen LogP) is 3.63. The summed E-state index contributed by atoms with van der Waals surface area (Å²) in [6.07, 6.45) is 0. The monoisotopic (exact) mass is 413 g/mol. The summed E-state index contributed by atoms with van der Waals surface area (Å²) >= 11 is 4.07. The van der Waals surface area contributed by atoms with Gasteiger partial charge in [-0.3, -0.25) is 0 Å². The molecule has 0 aliphatic rings. The molecule has 1 nitrogen and oxygen atoms in total. The van der Waals surface area contributed by atoms with Gasteiger partial charge in [-0.25, -0.2) is 0 Å². The van der Waals surface area contributed by atoms with Crippen LogP contribution in [0.3, 0.4) is 0 Å². The Kier molecular flexibility index (Phi) is 2.31. The Bertz CT molecular complexity index is 116. The van der Waals surface area contributed by atoms with Gasteiger partial charge in [0.05, 0.1) is 0 Å². The molecule has 0 bridgehead atoms. The number of hydrogen-bond donors (Lipinski definition) is 0. The standard InChI is InChI=1S/5ClH.NS.Os/c;;;;;1-2;/h5*1H;;/q;;;;;-1;+6/p-5. The van der Waals surface area contributed by atoms with E-state index in [2.05, 4.69) is 15.5 Å². The third-order valence-corrected chi connectivity index (χ3v) is 8.99. The average Bonchev–Trinajstić information content (AvgIpc) is 1.30. The Morgan fingerprint density at radius 2 is 1.12 bits per heavy atom. The number of halogens is 5. The summed E-state index contributed by atoms with van der Waals surface area (Å²) in [5.74, 6) is 0. The molecule has 0 fully saturated rings. The zero-order chi connectivity index (χ0) is 7.12. The Labute approximate surface area is 70.7 Å². The second-order valence-corrected chi connectivity index (χ2v) is 46.1. The predicted molar refractivity (Wildman–Crippen MR) is 39.1 cm³/mol. The fourth-order valence-electron chi connectivity index (χ4n) is 0. The van der Waals surface area contributed by atoms with Gasteiger partial charge in [-0.05, 0) is 0 Å². The molecule has 0 saturated carbocycles. The Morgan fingerprint density at radius 1 is 1.00 bits per heavy atom. The van der Waals surface area contributed by atoms with Crippen molar-refractivity contribution in [2.24, 2.45) is 3.07 Å². The number of nitrogens with zero attached hydrogens (tertiary/aromatic N) is 1. The normalized spacial score (nSPS) is 21.1. The van der Waals surface area contributed by atoms with Crippen LogP contribution in [0.15, 0.2) is 3.07 Å². The van der Waals surface area contributed by atoms with Crippen molar-refractivity contribution >= 4 is 60.6 Å². The van der Waals surface area contributed by atoms with Gasteiger partial charge in [-0.1, -0.05) is 0 Å². The molecule has 8 heteroatoms. The van der Waals surface area contributed by atoms with Gasteiger partial charge < -0.3 is 0 Å². The molecule has 0 heterocycles. The van der Waals surface area contributed by atoms with Crippen molar-refractivity contribution in [1.29, 1.82) is 0 Å². The van der Waals surface area contributed by atoms with Crippen LogP contribution in [0.5, 0.6) is 0 Å². The van der Waals surface area contributed by atoms with Crippen molar-refractivity contribution in [1.82, 2.24) is 0 Å². The average molecular weight is 414 g/mol. The molecule has 0 amide bonds. The summed E-state index contributed by atoms with van der Waals surface area (Å²) in [4.78, 5) is 0. The first-order valence-electron chi connectivity index (χ1n) is 1.01. The van der Waals surface area contributed by atoms with Crippen LogP contribution in [0.2, 0.25) is 0 Å². The third-order valence-electron chi connectivity index (χ3n) is 0.122. The zero-order valence-electron chi connectivity index (χ0n) is 3.10. The quantitative estimate of drug-likeness (QED) is 0.640. The molecule has 0 aliphatic carbocycles. The molecule has 0 radical (unpaired) electrons. The van der Waals surface area contributed by atoms with Crippen LogP contribution in [0.1, 0.15) is 0 Å². The second-order valence-electron chi connectivity index (χ2n) is 0.868. The van der Waals surface area contributed by atoms with E-state index in [0.29, 0.717) is 0 Å².